The van der Waals surface area contributed by atoms with Gasteiger partial charge < -0.3 is 14.8 Å². The molecule has 1 heterocycles. The molecule has 0 amide bonds. The second-order valence-corrected chi connectivity index (χ2v) is 5.42. The zero-order chi connectivity index (χ0) is 12.5. The van der Waals surface area contributed by atoms with Gasteiger partial charge in [-0.3, -0.25) is 0 Å². The van der Waals surface area contributed by atoms with Crippen molar-refractivity contribution in [3.05, 3.63) is 0 Å². The summed E-state index contributed by atoms with van der Waals surface area (Å²) < 4.78 is 11.6. The van der Waals surface area contributed by atoms with Crippen LogP contribution >= 0.6 is 0 Å². The Morgan fingerprint density at radius 1 is 1.29 bits per heavy atom. The summed E-state index contributed by atoms with van der Waals surface area (Å²) in [5, 5.41) is 3.41. The van der Waals surface area contributed by atoms with Gasteiger partial charge in [0, 0.05) is 13.2 Å². The van der Waals surface area contributed by atoms with Crippen molar-refractivity contribution in [1.29, 1.82) is 0 Å². The van der Waals surface area contributed by atoms with Gasteiger partial charge in [0.2, 0.25) is 0 Å². The van der Waals surface area contributed by atoms with Crippen molar-refractivity contribution in [3.63, 3.8) is 0 Å². The van der Waals surface area contributed by atoms with Gasteiger partial charge in [0.05, 0.1) is 18.8 Å². The lowest BCUT2D eigenvalue weighted by Gasteiger charge is -2.15. The average molecular weight is 243 g/mol. The first-order valence-electron chi connectivity index (χ1n) is 7.16. The Labute approximate surface area is 106 Å². The molecule has 0 aromatic rings. The van der Waals surface area contributed by atoms with Crippen LogP contribution in [0.2, 0.25) is 0 Å². The highest BCUT2D eigenvalue weighted by atomic mass is 16.5. The Hall–Kier alpha value is -0.120. The second kappa shape index (κ2) is 8.90. The normalized spacial score (nSPS) is 24.7. The van der Waals surface area contributed by atoms with Crippen LogP contribution in [0.4, 0.5) is 0 Å². The molecule has 0 aliphatic carbocycles. The third-order valence-corrected chi connectivity index (χ3v) is 3.14. The van der Waals surface area contributed by atoms with Crippen molar-refractivity contribution in [2.24, 2.45) is 5.92 Å². The summed E-state index contributed by atoms with van der Waals surface area (Å²) in [5.74, 6) is 0.727. The summed E-state index contributed by atoms with van der Waals surface area (Å²) >= 11 is 0. The first kappa shape index (κ1) is 14.9. The summed E-state index contributed by atoms with van der Waals surface area (Å²) in [6.45, 7) is 10.4. The molecule has 2 unspecified atom stereocenters. The molecule has 17 heavy (non-hydrogen) atoms. The molecule has 0 saturated carbocycles. The van der Waals surface area contributed by atoms with E-state index < -0.39 is 0 Å². The van der Waals surface area contributed by atoms with Gasteiger partial charge in [-0.15, -0.1) is 0 Å². The van der Waals surface area contributed by atoms with Gasteiger partial charge in [-0.05, 0) is 38.1 Å². The summed E-state index contributed by atoms with van der Waals surface area (Å²) in [7, 11) is 0. The van der Waals surface area contributed by atoms with Crippen LogP contribution in [0.25, 0.3) is 0 Å². The van der Waals surface area contributed by atoms with Crippen molar-refractivity contribution in [2.45, 2.75) is 58.7 Å². The van der Waals surface area contributed by atoms with Crippen LogP contribution in [0.5, 0.6) is 0 Å². The lowest BCUT2D eigenvalue weighted by atomic mass is 10.1. The van der Waals surface area contributed by atoms with Crippen LogP contribution in [-0.4, -0.2) is 38.5 Å². The van der Waals surface area contributed by atoms with Crippen LogP contribution in [0.15, 0.2) is 0 Å². The number of hydrogen-bond donors (Lipinski definition) is 1. The first-order chi connectivity index (χ1) is 8.22. The van der Waals surface area contributed by atoms with Crippen molar-refractivity contribution in [2.75, 3.05) is 26.3 Å². The van der Waals surface area contributed by atoms with E-state index in [0.717, 1.165) is 45.1 Å². The van der Waals surface area contributed by atoms with Crippen molar-refractivity contribution in [3.8, 4) is 0 Å². The molecule has 0 aromatic heterocycles. The predicted molar refractivity (Wildman–Crippen MR) is 71.3 cm³/mol. The fraction of sp³-hybridized carbons (Fsp3) is 1.00. The quantitative estimate of drug-likeness (QED) is 0.631. The monoisotopic (exact) mass is 243 g/mol. The molecule has 0 radical (unpaired) electrons. The number of nitrogens with one attached hydrogen (secondary N) is 1. The lowest BCUT2D eigenvalue weighted by molar-refractivity contribution is -0.0160. The molecule has 3 nitrogen and oxygen atoms in total. The SMILES string of the molecule is CCCNCC1CCC(COCCC(C)C)O1. The van der Waals surface area contributed by atoms with Gasteiger partial charge >= 0.3 is 0 Å². The zero-order valence-electron chi connectivity index (χ0n) is 11.7. The van der Waals surface area contributed by atoms with E-state index in [2.05, 4.69) is 26.1 Å². The van der Waals surface area contributed by atoms with Crippen LogP contribution in [0.3, 0.4) is 0 Å². The Kier molecular flexibility index (Phi) is 7.82. The maximum Gasteiger partial charge on any atom is 0.0813 e. The minimum Gasteiger partial charge on any atom is -0.379 e. The molecule has 1 aliphatic heterocycles. The molecule has 1 rings (SSSR count). The lowest BCUT2D eigenvalue weighted by Crippen LogP contribution is -2.28. The van der Waals surface area contributed by atoms with Gasteiger partial charge in [0.1, 0.15) is 0 Å². The van der Waals surface area contributed by atoms with Crippen LogP contribution in [-0.2, 0) is 9.47 Å². The largest absolute Gasteiger partial charge is 0.379 e. The highest BCUT2D eigenvalue weighted by Gasteiger charge is 2.24. The zero-order valence-corrected chi connectivity index (χ0v) is 11.7. The molecule has 2 atom stereocenters. The fourth-order valence-corrected chi connectivity index (χ4v) is 2.03. The minimum atomic E-state index is 0.329. The summed E-state index contributed by atoms with van der Waals surface area (Å²) in [6, 6.07) is 0. The van der Waals surface area contributed by atoms with E-state index in [1.54, 1.807) is 0 Å². The van der Waals surface area contributed by atoms with Gasteiger partial charge in [-0.25, -0.2) is 0 Å². The third kappa shape index (κ3) is 7.02. The first-order valence-corrected chi connectivity index (χ1v) is 7.16. The third-order valence-electron chi connectivity index (χ3n) is 3.14. The molecule has 0 aromatic carbocycles. The van der Waals surface area contributed by atoms with Crippen molar-refractivity contribution < 1.29 is 9.47 Å². The molecular weight excluding hydrogens is 214 g/mol. The standard InChI is InChI=1S/C14H29NO2/c1-4-8-15-10-13-5-6-14(17-13)11-16-9-7-12(2)3/h12-15H,4-11H2,1-3H3. The smallest absolute Gasteiger partial charge is 0.0813 e. The van der Waals surface area contributed by atoms with Crippen LogP contribution < -0.4 is 5.32 Å². The molecule has 102 valence electrons. The molecule has 1 aliphatic rings. The molecule has 3 heteroatoms. The van der Waals surface area contributed by atoms with E-state index in [1.807, 2.05) is 0 Å². The van der Waals surface area contributed by atoms with Gasteiger partial charge in [-0.1, -0.05) is 20.8 Å². The molecular formula is C14H29NO2. The van der Waals surface area contributed by atoms with Crippen LogP contribution in [0.1, 0.15) is 46.5 Å². The summed E-state index contributed by atoms with van der Waals surface area (Å²) in [6.07, 6.45) is 5.40. The van der Waals surface area contributed by atoms with Gasteiger partial charge in [0.25, 0.3) is 0 Å². The maximum absolute atomic E-state index is 5.93. The second-order valence-electron chi connectivity index (χ2n) is 5.42. The van der Waals surface area contributed by atoms with E-state index >= 15 is 0 Å². The van der Waals surface area contributed by atoms with Crippen LogP contribution in [0, 0.1) is 5.92 Å². The van der Waals surface area contributed by atoms with E-state index in [4.69, 9.17) is 9.47 Å². The minimum absolute atomic E-state index is 0.329. The molecule has 1 fully saturated rings. The van der Waals surface area contributed by atoms with E-state index in [9.17, 15) is 0 Å². The summed E-state index contributed by atoms with van der Waals surface area (Å²) in [4.78, 5) is 0. The molecule has 1 N–H and O–H groups in total. The van der Waals surface area contributed by atoms with Gasteiger partial charge in [-0.2, -0.15) is 0 Å². The van der Waals surface area contributed by atoms with Gasteiger partial charge in [0.15, 0.2) is 0 Å². The van der Waals surface area contributed by atoms with E-state index in [1.165, 1.54) is 12.8 Å². The number of hydrogen-bond acceptors (Lipinski definition) is 3. The Morgan fingerprint density at radius 2 is 2.06 bits per heavy atom. The van der Waals surface area contributed by atoms with E-state index in [-0.39, 0.29) is 0 Å². The number of ether oxygens (including phenoxy) is 2. The van der Waals surface area contributed by atoms with Crippen molar-refractivity contribution in [1.82, 2.24) is 5.32 Å². The maximum atomic E-state index is 5.93. The highest BCUT2D eigenvalue weighted by molar-refractivity contribution is 4.75. The Balaban J connectivity index is 1.97. The Morgan fingerprint density at radius 3 is 2.76 bits per heavy atom. The predicted octanol–water partition coefficient (Wildman–Crippen LogP) is 2.60. The molecule has 1 saturated heterocycles. The Bertz CT molecular complexity index is 185. The average Bonchev–Trinajstić information content (AvgIpc) is 2.73. The summed E-state index contributed by atoms with van der Waals surface area (Å²) in [5.41, 5.74) is 0. The molecule has 0 spiro atoms. The number of rotatable bonds is 9. The topological polar surface area (TPSA) is 30.5 Å². The fourth-order valence-electron chi connectivity index (χ4n) is 2.03. The highest BCUT2D eigenvalue weighted by Crippen LogP contribution is 2.19. The molecule has 0 bridgehead atoms. The van der Waals surface area contributed by atoms with Crippen molar-refractivity contribution >= 4 is 0 Å². The van der Waals surface area contributed by atoms with E-state index in [0.29, 0.717) is 12.2 Å².